The molecule has 3 unspecified atom stereocenters. The minimum Gasteiger partial charge on any atom is -0.480 e. The Morgan fingerprint density at radius 3 is 2.67 bits per heavy atom. The number of carbonyl (C=O) groups is 2. The van der Waals surface area contributed by atoms with E-state index in [0.717, 1.165) is 25.7 Å². The molecule has 1 rings (SSSR count). The smallest absolute Gasteiger partial charge is 0.326 e. The van der Waals surface area contributed by atoms with Crippen molar-refractivity contribution in [2.75, 3.05) is 13.7 Å². The van der Waals surface area contributed by atoms with Gasteiger partial charge in [-0.2, -0.15) is 0 Å². The average molecular weight is 258 g/mol. The average Bonchev–Trinajstić information content (AvgIpc) is 2.34. The topological polar surface area (TPSA) is 102 Å². The molecule has 1 saturated carbocycles. The van der Waals surface area contributed by atoms with Crippen LogP contribution < -0.4 is 11.1 Å². The van der Waals surface area contributed by atoms with Gasteiger partial charge in [0.05, 0.1) is 5.92 Å². The third-order valence-electron chi connectivity index (χ3n) is 3.38. The molecule has 0 heterocycles. The zero-order valence-electron chi connectivity index (χ0n) is 10.7. The predicted octanol–water partition coefficient (Wildman–Crippen LogP) is 0.110. The molecular formula is C12H22N2O4. The third-order valence-corrected chi connectivity index (χ3v) is 3.38. The van der Waals surface area contributed by atoms with Gasteiger partial charge in [0.15, 0.2) is 0 Å². The Morgan fingerprint density at radius 2 is 2.11 bits per heavy atom. The van der Waals surface area contributed by atoms with Crippen LogP contribution in [-0.4, -0.2) is 42.8 Å². The summed E-state index contributed by atoms with van der Waals surface area (Å²) in [5.41, 5.74) is 5.90. The Balaban J connectivity index is 2.51. The SMILES string of the molecule is COCCC(NC(=O)C1CCCCC1N)C(=O)O. The molecule has 0 radical (unpaired) electrons. The molecule has 0 aromatic carbocycles. The third kappa shape index (κ3) is 4.27. The zero-order valence-corrected chi connectivity index (χ0v) is 10.7. The van der Waals surface area contributed by atoms with E-state index in [0.29, 0.717) is 6.61 Å². The van der Waals surface area contributed by atoms with E-state index in [-0.39, 0.29) is 24.3 Å². The number of nitrogens with two attached hydrogens (primary N) is 1. The number of carbonyl (C=O) groups excluding carboxylic acids is 1. The van der Waals surface area contributed by atoms with Crippen molar-refractivity contribution in [3.63, 3.8) is 0 Å². The Labute approximate surface area is 107 Å². The highest BCUT2D eigenvalue weighted by Gasteiger charge is 2.30. The van der Waals surface area contributed by atoms with E-state index in [9.17, 15) is 9.59 Å². The lowest BCUT2D eigenvalue weighted by molar-refractivity contribution is -0.143. The van der Waals surface area contributed by atoms with Crippen LogP contribution in [0.5, 0.6) is 0 Å². The molecule has 0 aromatic rings. The maximum Gasteiger partial charge on any atom is 0.326 e. The van der Waals surface area contributed by atoms with Gasteiger partial charge in [-0.25, -0.2) is 4.79 Å². The summed E-state index contributed by atoms with van der Waals surface area (Å²) in [6, 6.07) is -1.05. The predicted molar refractivity (Wildman–Crippen MR) is 66.0 cm³/mol. The molecule has 1 aliphatic carbocycles. The van der Waals surface area contributed by atoms with E-state index in [2.05, 4.69) is 5.32 Å². The molecule has 104 valence electrons. The van der Waals surface area contributed by atoms with Crippen LogP contribution in [0.15, 0.2) is 0 Å². The second kappa shape index (κ2) is 7.33. The summed E-state index contributed by atoms with van der Waals surface area (Å²) in [7, 11) is 1.50. The van der Waals surface area contributed by atoms with Gasteiger partial charge in [0, 0.05) is 26.2 Å². The number of carboxylic acid groups (broad SMARTS) is 1. The second-order valence-corrected chi connectivity index (χ2v) is 4.74. The second-order valence-electron chi connectivity index (χ2n) is 4.74. The minimum atomic E-state index is -1.04. The van der Waals surface area contributed by atoms with Crippen LogP contribution in [0.2, 0.25) is 0 Å². The van der Waals surface area contributed by atoms with Gasteiger partial charge >= 0.3 is 5.97 Å². The maximum absolute atomic E-state index is 12.0. The highest BCUT2D eigenvalue weighted by Crippen LogP contribution is 2.23. The number of rotatable bonds is 6. The molecule has 1 amide bonds. The van der Waals surface area contributed by atoms with Gasteiger partial charge in [-0.05, 0) is 12.8 Å². The van der Waals surface area contributed by atoms with Crippen molar-refractivity contribution in [3.8, 4) is 0 Å². The zero-order chi connectivity index (χ0) is 13.5. The van der Waals surface area contributed by atoms with Gasteiger partial charge in [0.1, 0.15) is 6.04 Å². The number of nitrogens with one attached hydrogen (secondary N) is 1. The van der Waals surface area contributed by atoms with Crippen molar-refractivity contribution in [2.45, 2.75) is 44.2 Å². The van der Waals surface area contributed by atoms with E-state index < -0.39 is 12.0 Å². The Kier molecular flexibility index (Phi) is 6.07. The van der Waals surface area contributed by atoms with Crippen LogP contribution in [-0.2, 0) is 14.3 Å². The summed E-state index contributed by atoms with van der Waals surface area (Å²) in [4.78, 5) is 23.0. The van der Waals surface area contributed by atoms with E-state index in [1.165, 1.54) is 7.11 Å². The molecule has 6 nitrogen and oxygen atoms in total. The molecule has 1 fully saturated rings. The number of amides is 1. The van der Waals surface area contributed by atoms with Crippen LogP contribution in [0.3, 0.4) is 0 Å². The van der Waals surface area contributed by atoms with Crippen molar-refractivity contribution in [1.82, 2.24) is 5.32 Å². The molecule has 0 bridgehead atoms. The first-order valence-electron chi connectivity index (χ1n) is 6.34. The number of carboxylic acids is 1. The molecule has 0 saturated heterocycles. The summed E-state index contributed by atoms with van der Waals surface area (Å²) in [6.45, 7) is 0.300. The van der Waals surface area contributed by atoms with Crippen LogP contribution in [0, 0.1) is 5.92 Å². The summed E-state index contributed by atoms with van der Waals surface area (Å²) in [5.74, 6) is -1.54. The van der Waals surface area contributed by atoms with Gasteiger partial charge in [0.25, 0.3) is 0 Å². The number of hydrogen-bond acceptors (Lipinski definition) is 4. The van der Waals surface area contributed by atoms with Gasteiger partial charge in [-0.15, -0.1) is 0 Å². The molecule has 0 spiro atoms. The van der Waals surface area contributed by atoms with E-state index in [4.69, 9.17) is 15.6 Å². The standard InChI is InChI=1S/C12H22N2O4/c1-18-7-6-10(12(16)17)14-11(15)8-4-2-3-5-9(8)13/h8-10H,2-7,13H2,1H3,(H,14,15)(H,16,17). The summed E-state index contributed by atoms with van der Waals surface area (Å²) >= 11 is 0. The van der Waals surface area contributed by atoms with Crippen molar-refractivity contribution in [2.24, 2.45) is 11.7 Å². The van der Waals surface area contributed by atoms with Crippen molar-refractivity contribution in [1.29, 1.82) is 0 Å². The molecule has 1 aliphatic rings. The lowest BCUT2D eigenvalue weighted by Gasteiger charge is -2.28. The number of aliphatic carboxylic acids is 1. The van der Waals surface area contributed by atoms with Crippen LogP contribution >= 0.6 is 0 Å². The monoisotopic (exact) mass is 258 g/mol. The van der Waals surface area contributed by atoms with Gasteiger partial charge in [0.2, 0.25) is 5.91 Å². The van der Waals surface area contributed by atoms with Crippen LogP contribution in [0.1, 0.15) is 32.1 Å². The lowest BCUT2D eigenvalue weighted by Crippen LogP contribution is -2.49. The Hall–Kier alpha value is -1.14. The molecule has 6 heteroatoms. The number of methoxy groups -OCH3 is 1. The molecule has 0 aliphatic heterocycles. The molecule has 3 atom stereocenters. The Bertz CT molecular complexity index is 296. The van der Waals surface area contributed by atoms with Crippen molar-refractivity contribution >= 4 is 11.9 Å². The lowest BCUT2D eigenvalue weighted by atomic mass is 9.84. The molecule has 18 heavy (non-hydrogen) atoms. The summed E-state index contributed by atoms with van der Waals surface area (Å²) in [5, 5.41) is 11.6. The largest absolute Gasteiger partial charge is 0.480 e. The van der Waals surface area contributed by atoms with Crippen molar-refractivity contribution < 1.29 is 19.4 Å². The maximum atomic E-state index is 12.0. The fourth-order valence-corrected chi connectivity index (χ4v) is 2.26. The normalized spacial score (nSPS) is 25.4. The first-order valence-corrected chi connectivity index (χ1v) is 6.34. The number of hydrogen-bond donors (Lipinski definition) is 3. The van der Waals surface area contributed by atoms with Crippen LogP contribution in [0.4, 0.5) is 0 Å². The molecule has 0 aromatic heterocycles. The quantitative estimate of drug-likeness (QED) is 0.627. The highest BCUT2D eigenvalue weighted by molar-refractivity contribution is 5.85. The van der Waals surface area contributed by atoms with E-state index in [1.807, 2.05) is 0 Å². The summed E-state index contributed by atoms with van der Waals surface area (Å²) < 4.78 is 4.83. The fraction of sp³-hybridized carbons (Fsp3) is 0.833. The van der Waals surface area contributed by atoms with Crippen molar-refractivity contribution in [3.05, 3.63) is 0 Å². The molecular weight excluding hydrogens is 236 g/mol. The Morgan fingerprint density at radius 1 is 1.44 bits per heavy atom. The van der Waals surface area contributed by atoms with Gasteiger partial charge in [-0.3, -0.25) is 4.79 Å². The summed E-state index contributed by atoms with van der Waals surface area (Å²) in [6.07, 6.45) is 3.84. The van der Waals surface area contributed by atoms with E-state index in [1.54, 1.807) is 0 Å². The highest BCUT2D eigenvalue weighted by atomic mass is 16.5. The van der Waals surface area contributed by atoms with Gasteiger partial charge in [-0.1, -0.05) is 12.8 Å². The van der Waals surface area contributed by atoms with Gasteiger partial charge < -0.3 is 20.9 Å². The first kappa shape index (κ1) is 14.9. The molecule has 4 N–H and O–H groups in total. The van der Waals surface area contributed by atoms with Crippen LogP contribution in [0.25, 0.3) is 0 Å². The first-order chi connectivity index (χ1) is 8.56. The minimum absolute atomic E-state index is 0.157. The number of ether oxygens (including phenoxy) is 1. The fourth-order valence-electron chi connectivity index (χ4n) is 2.26. The van der Waals surface area contributed by atoms with E-state index >= 15 is 0 Å².